The summed E-state index contributed by atoms with van der Waals surface area (Å²) < 4.78 is 2.27. The molecule has 0 spiro atoms. The van der Waals surface area contributed by atoms with E-state index < -0.39 is 0 Å². The standard InChI is InChI=1S/C14H15Cl3N2S/c15-4-3-14-18-12-6-10(16)11(17)7-13(12)19(14)8-9-2-1-5-20-9/h6-7,9H,1-5,8H2. The van der Waals surface area contributed by atoms with Crippen LogP contribution in [0.3, 0.4) is 0 Å². The van der Waals surface area contributed by atoms with Crippen molar-refractivity contribution in [3.8, 4) is 0 Å². The van der Waals surface area contributed by atoms with Gasteiger partial charge in [-0.05, 0) is 30.7 Å². The summed E-state index contributed by atoms with van der Waals surface area (Å²) >= 11 is 20.2. The van der Waals surface area contributed by atoms with Crippen molar-refractivity contribution in [1.29, 1.82) is 0 Å². The Morgan fingerprint density at radius 2 is 2.10 bits per heavy atom. The molecule has 1 atom stereocenters. The summed E-state index contributed by atoms with van der Waals surface area (Å²) in [6.07, 6.45) is 3.34. The average molecular weight is 350 g/mol. The van der Waals surface area contributed by atoms with E-state index in [9.17, 15) is 0 Å². The third-order valence-corrected chi connectivity index (χ3v) is 5.89. The third kappa shape index (κ3) is 2.92. The summed E-state index contributed by atoms with van der Waals surface area (Å²) in [6, 6.07) is 3.76. The summed E-state index contributed by atoms with van der Waals surface area (Å²) in [5, 5.41) is 1.80. The molecule has 1 unspecified atom stereocenters. The minimum Gasteiger partial charge on any atom is -0.327 e. The van der Waals surface area contributed by atoms with Crippen LogP contribution in [-0.4, -0.2) is 26.4 Å². The molecule has 20 heavy (non-hydrogen) atoms. The number of fused-ring (bicyclic) bond motifs is 1. The first-order valence-corrected chi connectivity index (χ1v) is 9.04. The zero-order chi connectivity index (χ0) is 14.1. The highest BCUT2D eigenvalue weighted by atomic mass is 35.5. The SMILES string of the molecule is ClCCc1nc2cc(Cl)c(Cl)cc2n1CC1CCCS1. The van der Waals surface area contributed by atoms with Gasteiger partial charge in [-0.1, -0.05) is 23.2 Å². The Balaban J connectivity index is 2.04. The number of rotatable bonds is 4. The topological polar surface area (TPSA) is 17.8 Å². The van der Waals surface area contributed by atoms with Crippen molar-refractivity contribution in [3.63, 3.8) is 0 Å². The summed E-state index contributed by atoms with van der Waals surface area (Å²) in [7, 11) is 0. The number of aromatic nitrogens is 2. The van der Waals surface area contributed by atoms with Crippen LogP contribution in [0.25, 0.3) is 11.0 Å². The number of nitrogens with zero attached hydrogens (tertiary/aromatic N) is 2. The highest BCUT2D eigenvalue weighted by Crippen LogP contribution is 2.32. The van der Waals surface area contributed by atoms with Crippen LogP contribution in [0.4, 0.5) is 0 Å². The second kappa shape index (κ2) is 6.35. The van der Waals surface area contributed by atoms with E-state index in [-0.39, 0.29) is 0 Å². The minimum atomic E-state index is 0.552. The van der Waals surface area contributed by atoms with E-state index >= 15 is 0 Å². The summed E-state index contributed by atoms with van der Waals surface area (Å²) in [5.74, 6) is 2.86. The van der Waals surface area contributed by atoms with Crippen LogP contribution >= 0.6 is 46.6 Å². The molecule has 1 aromatic carbocycles. The van der Waals surface area contributed by atoms with Crippen molar-refractivity contribution >= 4 is 57.6 Å². The van der Waals surface area contributed by atoms with E-state index in [4.69, 9.17) is 34.8 Å². The van der Waals surface area contributed by atoms with Crippen molar-refractivity contribution in [1.82, 2.24) is 9.55 Å². The van der Waals surface area contributed by atoms with E-state index in [1.807, 2.05) is 23.9 Å². The zero-order valence-electron chi connectivity index (χ0n) is 10.9. The molecule has 6 heteroatoms. The lowest BCUT2D eigenvalue weighted by Gasteiger charge is -2.13. The fourth-order valence-corrected chi connectivity index (χ4v) is 4.38. The highest BCUT2D eigenvalue weighted by Gasteiger charge is 2.20. The van der Waals surface area contributed by atoms with Crippen LogP contribution in [0.15, 0.2) is 12.1 Å². The van der Waals surface area contributed by atoms with Crippen LogP contribution in [0.5, 0.6) is 0 Å². The molecule has 0 amide bonds. The number of hydrogen-bond donors (Lipinski definition) is 0. The zero-order valence-corrected chi connectivity index (χ0v) is 14.0. The van der Waals surface area contributed by atoms with Gasteiger partial charge in [0.25, 0.3) is 0 Å². The Morgan fingerprint density at radius 3 is 2.80 bits per heavy atom. The molecule has 0 saturated carbocycles. The highest BCUT2D eigenvalue weighted by molar-refractivity contribution is 8.00. The number of aryl methyl sites for hydroxylation is 1. The van der Waals surface area contributed by atoms with Crippen molar-refractivity contribution in [3.05, 3.63) is 28.0 Å². The van der Waals surface area contributed by atoms with Crippen LogP contribution in [0, 0.1) is 0 Å². The Hall–Kier alpha value is -0.0900. The number of halogens is 3. The largest absolute Gasteiger partial charge is 0.327 e. The third-order valence-electron chi connectivity index (χ3n) is 3.60. The molecule has 2 nitrogen and oxygen atoms in total. The maximum atomic E-state index is 6.16. The van der Waals surface area contributed by atoms with Crippen molar-refractivity contribution in [2.45, 2.75) is 31.1 Å². The van der Waals surface area contributed by atoms with Crippen LogP contribution in [-0.2, 0) is 13.0 Å². The molecule has 2 aromatic rings. The first-order chi connectivity index (χ1) is 9.69. The monoisotopic (exact) mass is 348 g/mol. The Kier molecular flexibility index (Phi) is 4.71. The van der Waals surface area contributed by atoms with E-state index in [0.717, 1.165) is 29.8 Å². The summed E-state index contributed by atoms with van der Waals surface area (Å²) in [5.41, 5.74) is 1.97. The van der Waals surface area contributed by atoms with Gasteiger partial charge in [0, 0.05) is 24.1 Å². The van der Waals surface area contributed by atoms with E-state index in [0.29, 0.717) is 21.2 Å². The molecule has 0 N–H and O–H groups in total. The van der Waals surface area contributed by atoms with Gasteiger partial charge in [-0.15, -0.1) is 11.6 Å². The van der Waals surface area contributed by atoms with Gasteiger partial charge in [-0.3, -0.25) is 0 Å². The number of imidazole rings is 1. The Bertz CT molecular complexity index is 620. The normalized spacial score (nSPS) is 19.1. The van der Waals surface area contributed by atoms with Gasteiger partial charge in [0.1, 0.15) is 5.82 Å². The number of thioether (sulfide) groups is 1. The van der Waals surface area contributed by atoms with E-state index in [1.54, 1.807) is 0 Å². The predicted molar refractivity (Wildman–Crippen MR) is 89.7 cm³/mol. The molecule has 1 aliphatic rings. The maximum absolute atomic E-state index is 6.16. The molecule has 2 heterocycles. The van der Waals surface area contributed by atoms with Gasteiger partial charge in [0.15, 0.2) is 0 Å². The molecule has 0 aliphatic carbocycles. The fourth-order valence-electron chi connectivity index (χ4n) is 2.64. The van der Waals surface area contributed by atoms with Crippen molar-refractivity contribution in [2.75, 3.05) is 11.6 Å². The average Bonchev–Trinajstić information content (AvgIpc) is 3.02. The molecule has 0 radical (unpaired) electrons. The fraction of sp³-hybridized carbons (Fsp3) is 0.500. The summed E-state index contributed by atoms with van der Waals surface area (Å²) in [4.78, 5) is 4.67. The molecule has 1 aromatic heterocycles. The number of benzene rings is 1. The molecule has 1 fully saturated rings. The van der Waals surface area contributed by atoms with Gasteiger partial charge in [0.05, 0.1) is 21.1 Å². The van der Waals surface area contributed by atoms with E-state index in [1.165, 1.54) is 18.6 Å². The van der Waals surface area contributed by atoms with Gasteiger partial charge in [-0.25, -0.2) is 4.98 Å². The lowest BCUT2D eigenvalue weighted by molar-refractivity contribution is 0.627. The first kappa shape index (κ1) is 14.8. The van der Waals surface area contributed by atoms with Crippen LogP contribution in [0.1, 0.15) is 18.7 Å². The van der Waals surface area contributed by atoms with Crippen LogP contribution < -0.4 is 0 Å². The lowest BCUT2D eigenvalue weighted by Crippen LogP contribution is -2.13. The Morgan fingerprint density at radius 1 is 1.30 bits per heavy atom. The Labute approximate surface area is 137 Å². The van der Waals surface area contributed by atoms with Gasteiger partial charge in [-0.2, -0.15) is 11.8 Å². The maximum Gasteiger partial charge on any atom is 0.111 e. The minimum absolute atomic E-state index is 0.552. The molecule has 1 aliphatic heterocycles. The number of alkyl halides is 1. The van der Waals surface area contributed by atoms with Crippen molar-refractivity contribution < 1.29 is 0 Å². The second-order valence-corrected chi connectivity index (χ2v) is 7.57. The van der Waals surface area contributed by atoms with Crippen molar-refractivity contribution in [2.24, 2.45) is 0 Å². The number of hydrogen-bond acceptors (Lipinski definition) is 2. The first-order valence-electron chi connectivity index (χ1n) is 6.71. The molecule has 0 bridgehead atoms. The second-order valence-electron chi connectivity index (χ2n) is 4.97. The van der Waals surface area contributed by atoms with Gasteiger partial charge in [0.2, 0.25) is 0 Å². The van der Waals surface area contributed by atoms with Crippen LogP contribution in [0.2, 0.25) is 10.0 Å². The smallest absolute Gasteiger partial charge is 0.111 e. The molecule has 1 saturated heterocycles. The molecular formula is C14H15Cl3N2S. The molecule has 3 rings (SSSR count). The quantitative estimate of drug-likeness (QED) is 0.721. The summed E-state index contributed by atoms with van der Waals surface area (Å²) in [6.45, 7) is 0.978. The van der Waals surface area contributed by atoms with E-state index in [2.05, 4.69) is 9.55 Å². The molecular weight excluding hydrogens is 335 g/mol. The predicted octanol–water partition coefficient (Wildman–Crippen LogP) is 5.02. The molecule has 108 valence electrons. The van der Waals surface area contributed by atoms with Gasteiger partial charge < -0.3 is 4.57 Å². The lowest BCUT2D eigenvalue weighted by atomic mass is 10.2. The van der Waals surface area contributed by atoms with Gasteiger partial charge >= 0.3 is 0 Å².